The van der Waals surface area contributed by atoms with Crippen LogP contribution in [-0.4, -0.2) is 25.9 Å². The van der Waals surface area contributed by atoms with Gasteiger partial charge in [0.25, 0.3) is 5.88 Å². The summed E-state index contributed by atoms with van der Waals surface area (Å²) in [6.07, 6.45) is 7.13. The first kappa shape index (κ1) is 12.4. The van der Waals surface area contributed by atoms with Gasteiger partial charge in [0.1, 0.15) is 11.6 Å². The summed E-state index contributed by atoms with van der Waals surface area (Å²) in [7, 11) is 0. The summed E-state index contributed by atoms with van der Waals surface area (Å²) in [4.78, 5) is 12.9. The van der Waals surface area contributed by atoms with Gasteiger partial charge in [-0.3, -0.25) is 9.38 Å². The molecule has 6 nitrogen and oxygen atoms in total. The zero-order chi connectivity index (χ0) is 13.9. The SMILES string of the molecule is CCNc1cn2ccnc2c(Oc2ccc(C)nc2)n1. The average Bonchev–Trinajstić information content (AvgIpc) is 2.90. The first-order valence-corrected chi connectivity index (χ1v) is 6.44. The minimum absolute atomic E-state index is 0.458. The molecule has 102 valence electrons. The third-order valence-corrected chi connectivity index (χ3v) is 2.80. The maximum atomic E-state index is 5.80. The number of aryl methyl sites for hydroxylation is 1. The van der Waals surface area contributed by atoms with Crippen LogP contribution in [0.25, 0.3) is 5.65 Å². The molecule has 0 atom stereocenters. The van der Waals surface area contributed by atoms with Crippen molar-refractivity contribution in [3.8, 4) is 11.6 Å². The minimum Gasteiger partial charge on any atom is -0.434 e. The molecule has 0 aromatic carbocycles. The van der Waals surface area contributed by atoms with E-state index in [4.69, 9.17) is 4.74 Å². The van der Waals surface area contributed by atoms with Crippen LogP contribution >= 0.6 is 0 Å². The van der Waals surface area contributed by atoms with Gasteiger partial charge in [-0.25, -0.2) is 4.98 Å². The molecule has 0 aliphatic rings. The van der Waals surface area contributed by atoms with Gasteiger partial charge in [-0.2, -0.15) is 4.98 Å². The van der Waals surface area contributed by atoms with Crippen LogP contribution in [0.5, 0.6) is 11.6 Å². The van der Waals surface area contributed by atoms with E-state index in [0.717, 1.165) is 18.1 Å². The molecule has 0 fully saturated rings. The maximum absolute atomic E-state index is 5.80. The fourth-order valence-electron chi connectivity index (χ4n) is 1.86. The molecule has 3 aromatic heterocycles. The van der Waals surface area contributed by atoms with Crippen molar-refractivity contribution in [2.75, 3.05) is 11.9 Å². The van der Waals surface area contributed by atoms with E-state index in [-0.39, 0.29) is 0 Å². The lowest BCUT2D eigenvalue weighted by molar-refractivity contribution is 0.463. The average molecular weight is 269 g/mol. The van der Waals surface area contributed by atoms with Crippen LogP contribution in [0.15, 0.2) is 36.9 Å². The Morgan fingerprint density at radius 3 is 2.95 bits per heavy atom. The highest BCUT2D eigenvalue weighted by atomic mass is 16.5. The second kappa shape index (κ2) is 5.16. The van der Waals surface area contributed by atoms with Gasteiger partial charge in [0.15, 0.2) is 0 Å². The quantitative estimate of drug-likeness (QED) is 0.788. The van der Waals surface area contributed by atoms with E-state index in [2.05, 4.69) is 20.3 Å². The number of ether oxygens (including phenoxy) is 1. The number of imidazole rings is 1. The zero-order valence-corrected chi connectivity index (χ0v) is 11.4. The molecule has 3 aromatic rings. The van der Waals surface area contributed by atoms with E-state index in [1.54, 1.807) is 12.4 Å². The number of hydrogen-bond donors (Lipinski definition) is 1. The molecule has 0 saturated heterocycles. The molecule has 0 saturated carbocycles. The summed E-state index contributed by atoms with van der Waals surface area (Å²) in [6.45, 7) is 4.74. The van der Waals surface area contributed by atoms with Crippen LogP contribution in [0.3, 0.4) is 0 Å². The van der Waals surface area contributed by atoms with Crippen molar-refractivity contribution in [3.05, 3.63) is 42.6 Å². The summed E-state index contributed by atoms with van der Waals surface area (Å²) in [5, 5.41) is 3.17. The molecule has 0 aliphatic carbocycles. The van der Waals surface area contributed by atoms with Crippen molar-refractivity contribution in [2.24, 2.45) is 0 Å². The Morgan fingerprint density at radius 1 is 1.30 bits per heavy atom. The lowest BCUT2D eigenvalue weighted by Crippen LogP contribution is -2.03. The Hall–Kier alpha value is -2.63. The number of fused-ring (bicyclic) bond motifs is 1. The Kier molecular flexibility index (Phi) is 3.20. The summed E-state index contributed by atoms with van der Waals surface area (Å²) in [6, 6.07) is 3.76. The van der Waals surface area contributed by atoms with Gasteiger partial charge >= 0.3 is 0 Å². The largest absolute Gasteiger partial charge is 0.434 e. The molecule has 3 rings (SSSR count). The molecular formula is C14H15N5O. The van der Waals surface area contributed by atoms with E-state index in [1.807, 2.05) is 42.8 Å². The highest BCUT2D eigenvalue weighted by molar-refractivity contribution is 5.54. The molecule has 6 heteroatoms. The van der Waals surface area contributed by atoms with E-state index in [9.17, 15) is 0 Å². The smallest absolute Gasteiger partial charge is 0.265 e. The van der Waals surface area contributed by atoms with Crippen LogP contribution < -0.4 is 10.1 Å². The van der Waals surface area contributed by atoms with E-state index < -0.39 is 0 Å². The predicted octanol–water partition coefficient (Wildman–Crippen LogP) is 2.66. The third-order valence-electron chi connectivity index (χ3n) is 2.80. The monoisotopic (exact) mass is 269 g/mol. The molecule has 0 unspecified atom stereocenters. The molecule has 0 radical (unpaired) electrons. The Labute approximate surface area is 116 Å². The molecule has 20 heavy (non-hydrogen) atoms. The maximum Gasteiger partial charge on any atom is 0.265 e. The topological polar surface area (TPSA) is 64.3 Å². The summed E-state index contributed by atoms with van der Waals surface area (Å²) in [5.74, 6) is 1.84. The third kappa shape index (κ3) is 2.40. The highest BCUT2D eigenvalue weighted by Gasteiger charge is 2.09. The summed E-state index contributed by atoms with van der Waals surface area (Å²) < 4.78 is 7.67. The molecule has 1 N–H and O–H groups in total. The van der Waals surface area contributed by atoms with Crippen molar-refractivity contribution < 1.29 is 4.74 Å². The summed E-state index contributed by atoms with van der Waals surface area (Å²) >= 11 is 0. The number of pyridine rings is 1. The lowest BCUT2D eigenvalue weighted by atomic mass is 10.4. The standard InChI is InChI=1S/C14H15N5O/c1-3-15-12-9-19-7-6-16-13(19)14(18-12)20-11-5-4-10(2)17-8-11/h4-9,15H,3H2,1-2H3. The first-order valence-electron chi connectivity index (χ1n) is 6.44. The van der Waals surface area contributed by atoms with Gasteiger partial charge in [0.05, 0.1) is 12.4 Å². The normalized spacial score (nSPS) is 10.7. The number of nitrogens with one attached hydrogen (secondary N) is 1. The fraction of sp³-hybridized carbons (Fsp3) is 0.214. The Morgan fingerprint density at radius 2 is 2.20 bits per heavy atom. The van der Waals surface area contributed by atoms with Crippen LogP contribution in [0.2, 0.25) is 0 Å². The lowest BCUT2D eigenvalue weighted by Gasteiger charge is -2.09. The minimum atomic E-state index is 0.458. The number of nitrogens with zero attached hydrogens (tertiary/aromatic N) is 4. The van der Waals surface area contributed by atoms with Gasteiger partial charge in [0.2, 0.25) is 5.65 Å². The second-order valence-corrected chi connectivity index (χ2v) is 4.36. The van der Waals surface area contributed by atoms with E-state index in [0.29, 0.717) is 17.3 Å². The van der Waals surface area contributed by atoms with E-state index in [1.165, 1.54) is 0 Å². The van der Waals surface area contributed by atoms with Crippen molar-refractivity contribution in [1.82, 2.24) is 19.4 Å². The first-order chi connectivity index (χ1) is 9.76. The van der Waals surface area contributed by atoms with E-state index >= 15 is 0 Å². The van der Waals surface area contributed by atoms with Crippen LogP contribution in [0.1, 0.15) is 12.6 Å². The molecule has 0 aliphatic heterocycles. The number of anilines is 1. The molecule has 3 heterocycles. The van der Waals surface area contributed by atoms with Crippen molar-refractivity contribution in [2.45, 2.75) is 13.8 Å². The van der Waals surface area contributed by atoms with Crippen molar-refractivity contribution in [3.63, 3.8) is 0 Å². The Balaban J connectivity index is 2.00. The molecular weight excluding hydrogens is 254 g/mol. The van der Waals surface area contributed by atoms with Crippen LogP contribution in [0, 0.1) is 6.92 Å². The van der Waals surface area contributed by atoms with Gasteiger partial charge in [-0.15, -0.1) is 0 Å². The van der Waals surface area contributed by atoms with Gasteiger partial charge in [-0.1, -0.05) is 0 Å². The van der Waals surface area contributed by atoms with Gasteiger partial charge in [-0.05, 0) is 26.0 Å². The fourth-order valence-corrected chi connectivity index (χ4v) is 1.86. The van der Waals surface area contributed by atoms with Gasteiger partial charge < -0.3 is 10.1 Å². The highest BCUT2D eigenvalue weighted by Crippen LogP contribution is 2.24. The zero-order valence-electron chi connectivity index (χ0n) is 11.4. The van der Waals surface area contributed by atoms with Crippen molar-refractivity contribution >= 4 is 11.5 Å². The number of hydrogen-bond acceptors (Lipinski definition) is 5. The Bertz CT molecular complexity index is 720. The molecule has 0 amide bonds. The molecule has 0 spiro atoms. The molecule has 0 bridgehead atoms. The van der Waals surface area contributed by atoms with Gasteiger partial charge in [0, 0.05) is 24.6 Å². The number of aromatic nitrogens is 4. The van der Waals surface area contributed by atoms with Crippen LogP contribution in [-0.2, 0) is 0 Å². The van der Waals surface area contributed by atoms with Crippen LogP contribution in [0.4, 0.5) is 5.82 Å². The number of rotatable bonds is 4. The predicted molar refractivity (Wildman–Crippen MR) is 76.2 cm³/mol. The second-order valence-electron chi connectivity index (χ2n) is 4.36. The van der Waals surface area contributed by atoms with Crippen molar-refractivity contribution in [1.29, 1.82) is 0 Å². The summed E-state index contributed by atoms with van der Waals surface area (Å²) in [5.41, 5.74) is 1.62.